The molecule has 0 fully saturated rings. The minimum atomic E-state index is -0.251. The molecule has 0 saturated carbocycles. The molecule has 5 N–H and O–H groups in total. The van der Waals surface area contributed by atoms with Crippen LogP contribution < -0.4 is 21.5 Å². The maximum Gasteiger partial charge on any atom is 0.262 e. The van der Waals surface area contributed by atoms with Crippen LogP contribution in [0.25, 0.3) is 0 Å². The quantitative estimate of drug-likeness (QED) is 0.570. The minimum Gasteiger partial charge on any atom is -0.482 e. The summed E-state index contributed by atoms with van der Waals surface area (Å²) in [5, 5.41) is 2.66. The molecule has 0 bridgehead atoms. The molecule has 1 aliphatic rings. The van der Waals surface area contributed by atoms with Crippen LogP contribution in [0.1, 0.15) is 15.9 Å². The highest BCUT2D eigenvalue weighted by atomic mass is 16.5. The van der Waals surface area contributed by atoms with Gasteiger partial charge in [-0.05, 0) is 36.4 Å². The third-order valence-electron chi connectivity index (χ3n) is 3.19. The van der Waals surface area contributed by atoms with Crippen LogP contribution in [0.5, 0.6) is 5.75 Å². The molecular formula is C15H13N3O3. The lowest BCUT2D eigenvalue weighted by molar-refractivity contribution is -0.118. The van der Waals surface area contributed by atoms with Crippen LogP contribution in [0.2, 0.25) is 0 Å². The standard InChI is InChI=1S/C15H13N3O3/c16-9-2-3-10(11(17)6-9)15(20)8-1-4-13-12(5-8)18-14(19)7-21-13/h1-6H,7,16-17H2,(H,18,19). The van der Waals surface area contributed by atoms with Crippen molar-refractivity contribution in [2.75, 3.05) is 23.4 Å². The fraction of sp³-hybridized carbons (Fsp3) is 0.0667. The second-order valence-electron chi connectivity index (χ2n) is 4.72. The molecule has 106 valence electrons. The van der Waals surface area contributed by atoms with E-state index in [0.29, 0.717) is 33.9 Å². The van der Waals surface area contributed by atoms with Crippen molar-refractivity contribution in [1.29, 1.82) is 0 Å². The van der Waals surface area contributed by atoms with E-state index in [1.54, 1.807) is 30.3 Å². The van der Waals surface area contributed by atoms with E-state index in [-0.39, 0.29) is 18.3 Å². The number of hydrogen-bond acceptors (Lipinski definition) is 5. The summed E-state index contributed by atoms with van der Waals surface area (Å²) in [6, 6.07) is 9.60. The van der Waals surface area contributed by atoms with E-state index in [9.17, 15) is 9.59 Å². The minimum absolute atomic E-state index is 0.0226. The lowest BCUT2D eigenvalue weighted by Crippen LogP contribution is -2.25. The number of carbonyl (C=O) groups excluding carboxylic acids is 2. The molecule has 2 aromatic rings. The van der Waals surface area contributed by atoms with Crippen molar-refractivity contribution >= 4 is 28.8 Å². The van der Waals surface area contributed by atoms with E-state index in [2.05, 4.69) is 5.32 Å². The number of carbonyl (C=O) groups is 2. The molecular weight excluding hydrogens is 270 g/mol. The zero-order chi connectivity index (χ0) is 15.0. The molecule has 0 radical (unpaired) electrons. The number of amides is 1. The number of ketones is 1. The summed E-state index contributed by atoms with van der Waals surface area (Å²) < 4.78 is 5.25. The first-order valence-electron chi connectivity index (χ1n) is 6.31. The first-order valence-corrected chi connectivity index (χ1v) is 6.31. The maximum atomic E-state index is 12.5. The van der Waals surface area contributed by atoms with Crippen LogP contribution in [0.15, 0.2) is 36.4 Å². The number of nitrogens with two attached hydrogens (primary N) is 2. The SMILES string of the molecule is Nc1ccc(C(=O)c2ccc3c(c2)NC(=O)CO3)c(N)c1. The Bertz CT molecular complexity index is 756. The Morgan fingerprint density at radius 2 is 1.95 bits per heavy atom. The Kier molecular flexibility index (Phi) is 2.98. The highest BCUT2D eigenvalue weighted by molar-refractivity contribution is 6.13. The van der Waals surface area contributed by atoms with Crippen molar-refractivity contribution in [3.8, 4) is 5.75 Å². The molecule has 3 rings (SSSR count). The van der Waals surface area contributed by atoms with E-state index in [1.165, 1.54) is 6.07 Å². The number of anilines is 3. The summed E-state index contributed by atoms with van der Waals surface area (Å²) in [6.45, 7) is -0.0226. The van der Waals surface area contributed by atoms with Gasteiger partial charge in [-0.1, -0.05) is 0 Å². The molecule has 0 atom stereocenters. The van der Waals surface area contributed by atoms with Crippen molar-refractivity contribution in [3.63, 3.8) is 0 Å². The number of nitrogen functional groups attached to an aromatic ring is 2. The molecule has 0 aromatic heterocycles. The predicted molar refractivity (Wildman–Crippen MR) is 79.3 cm³/mol. The Labute approximate surface area is 120 Å². The van der Waals surface area contributed by atoms with E-state index >= 15 is 0 Å². The second kappa shape index (κ2) is 4.82. The third-order valence-corrected chi connectivity index (χ3v) is 3.19. The number of hydrogen-bond donors (Lipinski definition) is 3. The Morgan fingerprint density at radius 3 is 2.71 bits per heavy atom. The summed E-state index contributed by atoms with van der Waals surface area (Å²) in [5.41, 5.74) is 13.5. The Balaban J connectivity index is 1.98. The largest absolute Gasteiger partial charge is 0.482 e. The Hall–Kier alpha value is -3.02. The Morgan fingerprint density at radius 1 is 1.14 bits per heavy atom. The molecule has 0 unspecified atom stereocenters. The van der Waals surface area contributed by atoms with E-state index in [0.717, 1.165) is 0 Å². The second-order valence-corrected chi connectivity index (χ2v) is 4.72. The van der Waals surface area contributed by atoms with Crippen LogP contribution in [0, 0.1) is 0 Å². The van der Waals surface area contributed by atoms with Gasteiger partial charge in [-0.15, -0.1) is 0 Å². The average molecular weight is 283 g/mol. The van der Waals surface area contributed by atoms with Crippen molar-refractivity contribution in [3.05, 3.63) is 47.5 Å². The van der Waals surface area contributed by atoms with E-state index in [4.69, 9.17) is 16.2 Å². The molecule has 6 nitrogen and oxygen atoms in total. The first-order chi connectivity index (χ1) is 10.0. The van der Waals surface area contributed by atoms with Gasteiger partial charge >= 0.3 is 0 Å². The van der Waals surface area contributed by atoms with Crippen LogP contribution in [-0.4, -0.2) is 18.3 Å². The van der Waals surface area contributed by atoms with Crippen molar-refractivity contribution in [2.24, 2.45) is 0 Å². The molecule has 2 aromatic carbocycles. The number of benzene rings is 2. The van der Waals surface area contributed by atoms with Gasteiger partial charge in [0.15, 0.2) is 12.4 Å². The zero-order valence-electron chi connectivity index (χ0n) is 11.1. The number of ether oxygens (including phenoxy) is 1. The lowest BCUT2D eigenvalue weighted by atomic mass is 10.0. The van der Waals surface area contributed by atoms with E-state index in [1.807, 2.05) is 0 Å². The predicted octanol–water partition coefficient (Wildman–Crippen LogP) is 1.41. The van der Waals surface area contributed by atoms with Gasteiger partial charge in [0.05, 0.1) is 5.69 Å². The molecule has 21 heavy (non-hydrogen) atoms. The smallest absolute Gasteiger partial charge is 0.262 e. The van der Waals surface area contributed by atoms with Gasteiger partial charge in [0.2, 0.25) is 0 Å². The fourth-order valence-corrected chi connectivity index (χ4v) is 2.17. The van der Waals surface area contributed by atoms with Gasteiger partial charge in [0.25, 0.3) is 5.91 Å². The summed E-state index contributed by atoms with van der Waals surface area (Å²) in [4.78, 5) is 23.8. The lowest BCUT2D eigenvalue weighted by Gasteiger charge is -2.18. The van der Waals surface area contributed by atoms with Gasteiger partial charge < -0.3 is 21.5 Å². The fourth-order valence-electron chi connectivity index (χ4n) is 2.17. The van der Waals surface area contributed by atoms with Gasteiger partial charge in [-0.3, -0.25) is 9.59 Å². The average Bonchev–Trinajstić information content (AvgIpc) is 2.46. The summed E-state index contributed by atoms with van der Waals surface area (Å²) in [7, 11) is 0. The van der Waals surface area contributed by atoms with Gasteiger partial charge in [-0.25, -0.2) is 0 Å². The first kappa shape index (κ1) is 13.0. The van der Waals surface area contributed by atoms with Gasteiger partial charge in [-0.2, -0.15) is 0 Å². The van der Waals surface area contributed by atoms with Crippen LogP contribution in [0.4, 0.5) is 17.1 Å². The highest BCUT2D eigenvalue weighted by Crippen LogP contribution is 2.30. The molecule has 1 amide bonds. The normalized spacial score (nSPS) is 13.0. The number of fused-ring (bicyclic) bond motifs is 1. The molecule has 6 heteroatoms. The topological polar surface area (TPSA) is 107 Å². The van der Waals surface area contributed by atoms with Gasteiger partial charge in [0.1, 0.15) is 5.75 Å². The maximum absolute atomic E-state index is 12.5. The summed E-state index contributed by atoms with van der Waals surface area (Å²) in [6.07, 6.45) is 0. The van der Waals surface area contributed by atoms with Crippen molar-refractivity contribution < 1.29 is 14.3 Å². The van der Waals surface area contributed by atoms with Crippen LogP contribution >= 0.6 is 0 Å². The highest BCUT2D eigenvalue weighted by Gasteiger charge is 2.19. The van der Waals surface area contributed by atoms with Gasteiger partial charge in [0, 0.05) is 22.5 Å². The monoisotopic (exact) mass is 283 g/mol. The molecule has 0 spiro atoms. The van der Waals surface area contributed by atoms with Crippen molar-refractivity contribution in [1.82, 2.24) is 0 Å². The molecule has 0 saturated heterocycles. The molecule has 1 heterocycles. The van der Waals surface area contributed by atoms with Crippen molar-refractivity contribution in [2.45, 2.75) is 0 Å². The van der Waals surface area contributed by atoms with Crippen LogP contribution in [0.3, 0.4) is 0 Å². The number of rotatable bonds is 2. The molecule has 0 aliphatic carbocycles. The third kappa shape index (κ3) is 2.38. The number of nitrogens with one attached hydrogen (secondary N) is 1. The zero-order valence-corrected chi connectivity index (χ0v) is 11.1. The van der Waals surface area contributed by atoms with E-state index < -0.39 is 0 Å². The van der Waals surface area contributed by atoms with Crippen LogP contribution in [-0.2, 0) is 4.79 Å². The molecule has 1 aliphatic heterocycles. The summed E-state index contributed by atoms with van der Waals surface area (Å²) in [5.74, 6) is 0.0469. The summed E-state index contributed by atoms with van der Waals surface area (Å²) >= 11 is 0.